The summed E-state index contributed by atoms with van der Waals surface area (Å²) in [6, 6.07) is 3.98. The molecule has 0 saturated heterocycles. The molecule has 5 heteroatoms. The number of anilines is 2. The molecule has 0 spiro atoms. The molecule has 2 aromatic heterocycles. The third-order valence-corrected chi connectivity index (χ3v) is 3.81. The van der Waals surface area contributed by atoms with Crippen LogP contribution >= 0.6 is 0 Å². The molecule has 0 bridgehead atoms. The largest absolute Gasteiger partial charge is 0.463 e. The van der Waals surface area contributed by atoms with Gasteiger partial charge < -0.3 is 15.9 Å². The molecule has 5 nitrogen and oxygen atoms in total. The number of hydrogen-bond donors (Lipinski definition) is 2. The highest BCUT2D eigenvalue weighted by Gasteiger charge is 2.16. The average molecular weight is 278 g/mol. The Morgan fingerprint density at radius 3 is 2.90 bits per heavy atom. The Kier molecular flexibility index (Phi) is 2.47. The molecule has 104 valence electrons. The molecule has 2 heterocycles. The van der Waals surface area contributed by atoms with Crippen LogP contribution in [0.15, 0.2) is 41.0 Å². The minimum atomic E-state index is 0.175. The van der Waals surface area contributed by atoms with Crippen molar-refractivity contribution in [2.24, 2.45) is 0 Å². The fourth-order valence-electron chi connectivity index (χ4n) is 2.87. The number of allylic oxidation sites excluding steroid dienone is 4. The number of hydrogen-bond acceptors (Lipinski definition) is 5. The normalized spacial score (nSPS) is 14.8. The fraction of sp³-hybridized carbons (Fsp3) is 0.125. The van der Waals surface area contributed by atoms with Crippen molar-refractivity contribution in [2.45, 2.75) is 12.8 Å². The van der Waals surface area contributed by atoms with E-state index in [0.29, 0.717) is 11.3 Å². The number of benzene rings is 1. The van der Waals surface area contributed by atoms with Crippen molar-refractivity contribution < 1.29 is 4.42 Å². The summed E-state index contributed by atoms with van der Waals surface area (Å²) in [5.74, 6) is 0.524. The second kappa shape index (κ2) is 4.34. The van der Waals surface area contributed by atoms with Crippen LogP contribution in [0.4, 0.5) is 11.8 Å². The van der Waals surface area contributed by atoms with Gasteiger partial charge in [-0.25, -0.2) is 4.98 Å². The third-order valence-electron chi connectivity index (χ3n) is 3.81. The lowest BCUT2D eigenvalue weighted by atomic mass is 9.93. The molecule has 4 rings (SSSR count). The van der Waals surface area contributed by atoms with Crippen LogP contribution in [0.2, 0.25) is 0 Å². The van der Waals surface area contributed by atoms with E-state index in [-0.39, 0.29) is 5.95 Å². The Balaban J connectivity index is 2.13. The lowest BCUT2D eigenvalue weighted by Gasteiger charge is -2.12. The number of nitrogens with zero attached hydrogens (tertiary/aromatic N) is 2. The Morgan fingerprint density at radius 1 is 1.19 bits per heavy atom. The topological polar surface area (TPSA) is 91.0 Å². The SMILES string of the molecule is Nc1nc(N)c2c(cc(C3=CC=CCC3)c3ccoc32)n1. The Morgan fingerprint density at radius 2 is 2.10 bits per heavy atom. The molecule has 21 heavy (non-hydrogen) atoms. The minimum Gasteiger partial charge on any atom is -0.463 e. The Hall–Kier alpha value is -2.82. The number of nitrogen functional groups attached to an aromatic ring is 2. The van der Waals surface area contributed by atoms with E-state index in [1.165, 1.54) is 5.57 Å². The molecule has 1 aliphatic rings. The van der Waals surface area contributed by atoms with Crippen LogP contribution in [0.25, 0.3) is 27.4 Å². The van der Waals surface area contributed by atoms with Gasteiger partial charge in [-0.15, -0.1) is 0 Å². The van der Waals surface area contributed by atoms with Crippen molar-refractivity contribution in [3.8, 4) is 0 Å². The zero-order chi connectivity index (χ0) is 14.4. The maximum absolute atomic E-state index is 5.99. The molecule has 1 aliphatic carbocycles. The summed E-state index contributed by atoms with van der Waals surface area (Å²) in [5, 5.41) is 1.75. The summed E-state index contributed by atoms with van der Waals surface area (Å²) in [6.07, 6.45) is 10.1. The van der Waals surface area contributed by atoms with Gasteiger partial charge >= 0.3 is 0 Å². The predicted octanol–water partition coefficient (Wildman–Crippen LogP) is 3.27. The van der Waals surface area contributed by atoms with Gasteiger partial charge in [0.1, 0.15) is 11.4 Å². The van der Waals surface area contributed by atoms with Gasteiger partial charge in [-0.1, -0.05) is 18.2 Å². The van der Waals surface area contributed by atoms with Crippen molar-refractivity contribution in [3.05, 3.63) is 42.2 Å². The first-order valence-corrected chi connectivity index (χ1v) is 6.83. The summed E-state index contributed by atoms with van der Waals surface area (Å²) < 4.78 is 5.64. The van der Waals surface area contributed by atoms with Crippen LogP contribution in [0.3, 0.4) is 0 Å². The molecule has 4 N–H and O–H groups in total. The smallest absolute Gasteiger partial charge is 0.222 e. The fourth-order valence-corrected chi connectivity index (χ4v) is 2.87. The third kappa shape index (κ3) is 1.78. The zero-order valence-corrected chi connectivity index (χ0v) is 11.3. The molecule has 0 unspecified atom stereocenters. The predicted molar refractivity (Wildman–Crippen MR) is 84.5 cm³/mol. The molecule has 0 aliphatic heterocycles. The molecular formula is C16H14N4O. The van der Waals surface area contributed by atoms with Gasteiger partial charge in [-0.05, 0) is 36.1 Å². The van der Waals surface area contributed by atoms with Gasteiger partial charge in [0, 0.05) is 5.39 Å². The van der Waals surface area contributed by atoms with E-state index in [1.54, 1.807) is 6.26 Å². The first kappa shape index (κ1) is 12.0. The molecule has 0 radical (unpaired) electrons. The van der Waals surface area contributed by atoms with E-state index >= 15 is 0 Å². The summed E-state index contributed by atoms with van der Waals surface area (Å²) in [4.78, 5) is 8.34. The number of furan rings is 1. The van der Waals surface area contributed by atoms with Crippen LogP contribution in [0, 0.1) is 0 Å². The van der Waals surface area contributed by atoms with Crippen LogP contribution in [0.5, 0.6) is 0 Å². The monoisotopic (exact) mass is 278 g/mol. The van der Waals surface area contributed by atoms with Gasteiger partial charge in [0.05, 0.1) is 17.2 Å². The van der Waals surface area contributed by atoms with Crippen LogP contribution < -0.4 is 11.5 Å². The minimum absolute atomic E-state index is 0.175. The first-order valence-electron chi connectivity index (χ1n) is 6.83. The molecule has 0 fully saturated rings. The number of aromatic nitrogens is 2. The highest BCUT2D eigenvalue weighted by Crippen LogP contribution is 2.36. The quantitative estimate of drug-likeness (QED) is 0.712. The van der Waals surface area contributed by atoms with Gasteiger partial charge in [-0.3, -0.25) is 0 Å². The zero-order valence-electron chi connectivity index (χ0n) is 11.3. The Labute approximate surface area is 121 Å². The molecule has 3 aromatic rings. The van der Waals surface area contributed by atoms with E-state index in [1.807, 2.05) is 12.1 Å². The second-order valence-electron chi connectivity index (χ2n) is 5.11. The van der Waals surface area contributed by atoms with Crippen molar-refractivity contribution in [3.63, 3.8) is 0 Å². The van der Waals surface area contributed by atoms with E-state index < -0.39 is 0 Å². The van der Waals surface area contributed by atoms with E-state index in [9.17, 15) is 0 Å². The van der Waals surface area contributed by atoms with Crippen molar-refractivity contribution in [2.75, 3.05) is 11.5 Å². The van der Waals surface area contributed by atoms with Gasteiger partial charge in [0.25, 0.3) is 0 Å². The molecular weight excluding hydrogens is 264 g/mol. The maximum Gasteiger partial charge on any atom is 0.222 e. The highest BCUT2D eigenvalue weighted by atomic mass is 16.3. The highest BCUT2D eigenvalue weighted by molar-refractivity contribution is 6.12. The standard InChI is InChI=1S/C16H14N4O/c17-15-13-12(19-16(18)20-15)8-11(9-4-2-1-3-5-9)10-6-7-21-14(10)13/h1-2,4,6-8H,3,5H2,(H4,17,18,19,20). The van der Waals surface area contributed by atoms with Crippen molar-refractivity contribution in [1.29, 1.82) is 0 Å². The van der Waals surface area contributed by atoms with E-state index in [2.05, 4.69) is 28.2 Å². The van der Waals surface area contributed by atoms with Crippen LogP contribution in [0.1, 0.15) is 18.4 Å². The lowest BCUT2D eigenvalue weighted by molar-refractivity contribution is 0.619. The van der Waals surface area contributed by atoms with Gasteiger partial charge in [0.2, 0.25) is 5.95 Å². The maximum atomic E-state index is 5.99. The Bertz CT molecular complexity index is 921. The summed E-state index contributed by atoms with van der Waals surface area (Å²) >= 11 is 0. The van der Waals surface area contributed by atoms with E-state index in [4.69, 9.17) is 15.9 Å². The van der Waals surface area contributed by atoms with E-state index in [0.717, 1.165) is 34.8 Å². The molecule has 0 amide bonds. The molecule has 0 saturated carbocycles. The first-order chi connectivity index (χ1) is 10.2. The second-order valence-corrected chi connectivity index (χ2v) is 5.11. The number of fused-ring (bicyclic) bond motifs is 3. The van der Waals surface area contributed by atoms with Gasteiger partial charge in [-0.2, -0.15) is 4.98 Å². The summed E-state index contributed by atoms with van der Waals surface area (Å²) in [7, 11) is 0. The number of rotatable bonds is 1. The lowest BCUT2D eigenvalue weighted by Crippen LogP contribution is -2.01. The van der Waals surface area contributed by atoms with Crippen LogP contribution in [-0.2, 0) is 0 Å². The van der Waals surface area contributed by atoms with Gasteiger partial charge in [0.15, 0.2) is 0 Å². The molecule has 0 atom stereocenters. The van der Waals surface area contributed by atoms with Crippen LogP contribution in [-0.4, -0.2) is 9.97 Å². The summed E-state index contributed by atoms with van der Waals surface area (Å²) in [5.41, 5.74) is 15.5. The number of nitrogens with two attached hydrogens (primary N) is 2. The molecule has 1 aromatic carbocycles. The van der Waals surface area contributed by atoms with Crippen molar-refractivity contribution >= 4 is 39.2 Å². The van der Waals surface area contributed by atoms with Crippen molar-refractivity contribution in [1.82, 2.24) is 9.97 Å². The summed E-state index contributed by atoms with van der Waals surface area (Å²) in [6.45, 7) is 0. The average Bonchev–Trinajstić information content (AvgIpc) is 2.95.